The van der Waals surface area contributed by atoms with E-state index in [1.165, 1.54) is 28.8 Å². The maximum absolute atomic E-state index is 4.25. The zero-order valence-corrected chi connectivity index (χ0v) is 10.4. The van der Waals surface area contributed by atoms with E-state index in [4.69, 9.17) is 0 Å². The fraction of sp³-hybridized carbons (Fsp3) is 0.467. The summed E-state index contributed by atoms with van der Waals surface area (Å²) in [5.74, 6) is 0. The van der Waals surface area contributed by atoms with Crippen molar-refractivity contribution in [1.29, 1.82) is 0 Å². The Morgan fingerprint density at radius 1 is 1.44 bits per heavy atom. The molecule has 1 fully saturated rings. The van der Waals surface area contributed by atoms with Crippen molar-refractivity contribution in [2.24, 2.45) is 0 Å². The van der Waals surface area contributed by atoms with Gasteiger partial charge >= 0.3 is 0 Å². The Balaban J connectivity index is 2.26. The quantitative estimate of drug-likeness (QED) is 0.647. The molecule has 2 rings (SSSR count). The number of hydrogen-bond acceptors (Lipinski definition) is 1. The van der Waals surface area contributed by atoms with Gasteiger partial charge in [-0.2, -0.15) is 0 Å². The highest BCUT2D eigenvalue weighted by Crippen LogP contribution is 2.37. The van der Waals surface area contributed by atoms with Crippen molar-refractivity contribution in [3.63, 3.8) is 0 Å². The minimum Gasteiger partial charge on any atom is -0.361 e. The molecular weight excluding hydrogens is 194 g/mol. The first-order chi connectivity index (χ1) is 7.65. The Morgan fingerprint density at radius 3 is 2.69 bits per heavy atom. The highest BCUT2D eigenvalue weighted by atomic mass is 15.2. The second kappa shape index (κ2) is 4.32. The average molecular weight is 215 g/mol. The van der Waals surface area contributed by atoms with E-state index >= 15 is 0 Å². The first kappa shape index (κ1) is 11.3. The molecule has 1 aliphatic carbocycles. The van der Waals surface area contributed by atoms with Crippen LogP contribution in [0.15, 0.2) is 47.7 Å². The minimum atomic E-state index is 0.444. The van der Waals surface area contributed by atoms with E-state index in [0.29, 0.717) is 6.04 Å². The molecule has 16 heavy (non-hydrogen) atoms. The number of hydrogen-bond donors (Lipinski definition) is 0. The molecule has 1 heterocycles. The molecule has 0 aromatic carbocycles. The van der Waals surface area contributed by atoms with Crippen molar-refractivity contribution in [2.45, 2.75) is 39.2 Å². The van der Waals surface area contributed by atoms with E-state index in [1.54, 1.807) is 0 Å². The van der Waals surface area contributed by atoms with Gasteiger partial charge in [0.1, 0.15) is 0 Å². The Hall–Kier alpha value is -1.24. The lowest BCUT2D eigenvalue weighted by Gasteiger charge is -2.29. The molecule has 86 valence electrons. The first-order valence-electron chi connectivity index (χ1n) is 6.16. The van der Waals surface area contributed by atoms with Crippen LogP contribution in [0.4, 0.5) is 0 Å². The van der Waals surface area contributed by atoms with E-state index in [0.717, 1.165) is 19.4 Å². The van der Waals surface area contributed by atoms with E-state index in [2.05, 4.69) is 44.1 Å². The molecule has 0 radical (unpaired) electrons. The van der Waals surface area contributed by atoms with E-state index in [9.17, 15) is 0 Å². The molecule has 2 aliphatic rings. The van der Waals surface area contributed by atoms with Gasteiger partial charge in [0, 0.05) is 18.3 Å². The molecule has 0 N–H and O–H groups in total. The first-order valence-corrected chi connectivity index (χ1v) is 6.16. The topological polar surface area (TPSA) is 3.24 Å². The molecule has 0 spiro atoms. The van der Waals surface area contributed by atoms with E-state index < -0.39 is 0 Å². The average Bonchev–Trinajstić information content (AvgIpc) is 2.58. The van der Waals surface area contributed by atoms with Gasteiger partial charge in [0.15, 0.2) is 0 Å². The maximum Gasteiger partial charge on any atom is 0.0498 e. The predicted octanol–water partition coefficient (Wildman–Crippen LogP) is 3.82. The number of allylic oxidation sites excluding steroid dienone is 3. The summed E-state index contributed by atoms with van der Waals surface area (Å²) in [5.41, 5.74) is 5.28. The Morgan fingerprint density at radius 2 is 2.12 bits per heavy atom. The van der Waals surface area contributed by atoms with E-state index in [-0.39, 0.29) is 0 Å². The predicted molar refractivity (Wildman–Crippen MR) is 70.1 cm³/mol. The van der Waals surface area contributed by atoms with Gasteiger partial charge in [0.2, 0.25) is 0 Å². The lowest BCUT2D eigenvalue weighted by Crippen LogP contribution is -2.31. The summed E-state index contributed by atoms with van der Waals surface area (Å²) < 4.78 is 0. The lowest BCUT2D eigenvalue weighted by atomic mass is 9.99. The van der Waals surface area contributed by atoms with Gasteiger partial charge in [-0.25, -0.2) is 0 Å². The molecule has 1 unspecified atom stereocenters. The number of nitrogens with zero attached hydrogens (tertiary/aromatic N) is 1. The van der Waals surface area contributed by atoms with Gasteiger partial charge < -0.3 is 4.90 Å². The highest BCUT2D eigenvalue weighted by Gasteiger charge is 2.30. The number of likely N-dealkylation sites (tertiary alicyclic amines) is 1. The van der Waals surface area contributed by atoms with Gasteiger partial charge in [-0.1, -0.05) is 37.8 Å². The van der Waals surface area contributed by atoms with Crippen molar-refractivity contribution in [3.05, 3.63) is 47.7 Å². The Bertz CT molecular complexity index is 384. The number of fused-ring (bicyclic) bond motifs is 1. The minimum absolute atomic E-state index is 0.444. The molecule has 1 aliphatic heterocycles. The molecule has 1 saturated heterocycles. The van der Waals surface area contributed by atoms with Crippen molar-refractivity contribution in [2.75, 3.05) is 6.54 Å². The summed E-state index contributed by atoms with van der Waals surface area (Å²) in [6.45, 7) is 13.7. The molecule has 0 saturated carbocycles. The Kier molecular flexibility index (Phi) is 3.04. The van der Waals surface area contributed by atoms with Crippen LogP contribution in [0.1, 0.15) is 33.1 Å². The smallest absolute Gasteiger partial charge is 0.0498 e. The summed E-state index contributed by atoms with van der Waals surface area (Å²) in [6.07, 6.45) is 8.16. The van der Waals surface area contributed by atoms with Crippen molar-refractivity contribution in [3.8, 4) is 0 Å². The van der Waals surface area contributed by atoms with Crippen LogP contribution >= 0.6 is 0 Å². The van der Waals surface area contributed by atoms with Crippen molar-refractivity contribution >= 4 is 0 Å². The summed E-state index contributed by atoms with van der Waals surface area (Å²) in [7, 11) is 0. The third-order valence-corrected chi connectivity index (χ3v) is 3.58. The van der Waals surface area contributed by atoms with Crippen LogP contribution in [0.2, 0.25) is 0 Å². The lowest BCUT2D eigenvalue weighted by molar-refractivity contribution is 0.325. The van der Waals surface area contributed by atoms with Crippen molar-refractivity contribution < 1.29 is 0 Å². The zero-order valence-electron chi connectivity index (χ0n) is 10.4. The van der Waals surface area contributed by atoms with Crippen LogP contribution in [-0.2, 0) is 0 Å². The van der Waals surface area contributed by atoms with Gasteiger partial charge in [-0.3, -0.25) is 0 Å². The molecular formula is C15H21N. The largest absolute Gasteiger partial charge is 0.361 e. The van der Waals surface area contributed by atoms with Crippen LogP contribution in [0, 0.1) is 0 Å². The molecule has 0 aromatic heterocycles. The van der Waals surface area contributed by atoms with Crippen LogP contribution in [0.3, 0.4) is 0 Å². The van der Waals surface area contributed by atoms with Gasteiger partial charge in [-0.15, -0.1) is 0 Å². The van der Waals surface area contributed by atoms with Crippen LogP contribution in [0.25, 0.3) is 0 Å². The third-order valence-electron chi connectivity index (χ3n) is 3.58. The normalized spacial score (nSPS) is 21.4. The van der Waals surface area contributed by atoms with Gasteiger partial charge in [0.25, 0.3) is 0 Å². The molecule has 0 bridgehead atoms. The van der Waals surface area contributed by atoms with Crippen LogP contribution < -0.4 is 0 Å². The molecule has 1 atom stereocenters. The fourth-order valence-corrected chi connectivity index (χ4v) is 2.75. The monoisotopic (exact) mass is 215 g/mol. The second-order valence-corrected chi connectivity index (χ2v) is 4.77. The van der Waals surface area contributed by atoms with Gasteiger partial charge in [0.05, 0.1) is 0 Å². The molecule has 1 nitrogen and oxygen atoms in total. The summed E-state index contributed by atoms with van der Waals surface area (Å²) in [5, 5.41) is 0. The zero-order chi connectivity index (χ0) is 11.7. The summed E-state index contributed by atoms with van der Waals surface area (Å²) in [6, 6.07) is 0.444. The SMILES string of the molecule is C=C(C)C(CC)N1CC2=CCCC=C2C1=C. The van der Waals surface area contributed by atoms with Crippen molar-refractivity contribution in [1.82, 2.24) is 4.90 Å². The standard InChI is InChI=1S/C15H21N/c1-5-15(11(2)3)16-10-13-8-6-7-9-14(13)12(16)4/h8-9,15H,2,4-7,10H2,1,3H3. The maximum atomic E-state index is 4.25. The fourth-order valence-electron chi connectivity index (χ4n) is 2.75. The number of rotatable bonds is 3. The summed E-state index contributed by atoms with van der Waals surface area (Å²) >= 11 is 0. The molecule has 0 amide bonds. The molecule has 1 heteroatoms. The second-order valence-electron chi connectivity index (χ2n) is 4.77. The van der Waals surface area contributed by atoms with Crippen LogP contribution in [-0.4, -0.2) is 17.5 Å². The van der Waals surface area contributed by atoms with Crippen LogP contribution in [0.5, 0.6) is 0 Å². The van der Waals surface area contributed by atoms with E-state index in [1.807, 2.05) is 0 Å². The third kappa shape index (κ3) is 1.75. The summed E-state index contributed by atoms with van der Waals surface area (Å²) in [4.78, 5) is 2.41. The highest BCUT2D eigenvalue weighted by molar-refractivity contribution is 5.53. The Labute approximate surface area is 98.8 Å². The van der Waals surface area contributed by atoms with Gasteiger partial charge in [-0.05, 0) is 37.3 Å². The molecule has 0 aromatic rings.